The lowest BCUT2D eigenvalue weighted by Gasteiger charge is -2.07. The van der Waals surface area contributed by atoms with E-state index >= 15 is 0 Å². The summed E-state index contributed by atoms with van der Waals surface area (Å²) in [5.41, 5.74) is -0.168. The highest BCUT2D eigenvalue weighted by Crippen LogP contribution is 2.43. The van der Waals surface area contributed by atoms with Crippen LogP contribution in [-0.4, -0.2) is 17.1 Å². The van der Waals surface area contributed by atoms with Gasteiger partial charge in [0.05, 0.1) is 22.6 Å². The first kappa shape index (κ1) is 15.7. The number of ether oxygens (including phenoxy) is 2. The first-order valence-electron chi connectivity index (χ1n) is 5.90. The molecule has 0 aliphatic rings. The maximum absolute atomic E-state index is 11.1. The largest absolute Gasteiger partial charge is 0.497 e. The van der Waals surface area contributed by atoms with E-state index in [1.165, 1.54) is 6.07 Å². The summed E-state index contributed by atoms with van der Waals surface area (Å²) in [4.78, 5) is 11.0. The Morgan fingerprint density at radius 2 is 2.14 bits per heavy atom. The fourth-order valence-electron chi connectivity index (χ4n) is 1.58. The molecule has 8 heteroatoms. The molecule has 21 heavy (non-hydrogen) atoms. The second kappa shape index (κ2) is 6.42. The van der Waals surface area contributed by atoms with Crippen LogP contribution in [0.2, 0.25) is 0 Å². The van der Waals surface area contributed by atoms with Crippen molar-refractivity contribution in [2.24, 2.45) is 0 Å². The molecule has 0 saturated heterocycles. The molecule has 0 aliphatic heterocycles. The lowest BCUT2D eigenvalue weighted by Crippen LogP contribution is -1.90. The molecule has 0 spiro atoms. The Balaban J connectivity index is 2.36. The lowest BCUT2D eigenvalue weighted by atomic mass is 10.3. The normalized spacial score (nSPS) is 12.0. The molecule has 0 saturated carbocycles. The number of thiophene rings is 1. The van der Waals surface area contributed by atoms with E-state index in [0.717, 1.165) is 11.3 Å². The van der Waals surface area contributed by atoms with Crippen molar-refractivity contribution in [2.75, 3.05) is 7.11 Å². The van der Waals surface area contributed by atoms with Gasteiger partial charge < -0.3 is 14.6 Å². The molecule has 0 aliphatic carbocycles. The molecule has 1 heterocycles. The second-order valence-electron chi connectivity index (χ2n) is 4.15. The number of nitro groups is 1. The number of methoxy groups -OCH3 is 1. The molecule has 0 bridgehead atoms. The van der Waals surface area contributed by atoms with Gasteiger partial charge in [0.1, 0.15) is 11.5 Å². The Morgan fingerprint density at radius 3 is 2.67 bits per heavy atom. The van der Waals surface area contributed by atoms with Gasteiger partial charge in [-0.05, 0) is 41.1 Å². The van der Waals surface area contributed by atoms with E-state index in [0.29, 0.717) is 20.8 Å². The first-order chi connectivity index (χ1) is 9.92. The van der Waals surface area contributed by atoms with Crippen LogP contribution in [0.15, 0.2) is 28.7 Å². The van der Waals surface area contributed by atoms with Gasteiger partial charge in [-0.3, -0.25) is 10.1 Å². The fourth-order valence-corrected chi connectivity index (χ4v) is 2.94. The minimum absolute atomic E-state index is 0.127. The molecule has 1 aromatic carbocycles. The van der Waals surface area contributed by atoms with Crippen LogP contribution >= 0.6 is 27.3 Å². The maximum Gasteiger partial charge on any atom is 0.323 e. The van der Waals surface area contributed by atoms with E-state index in [1.54, 1.807) is 32.2 Å². The Bertz CT molecular complexity index is 671. The lowest BCUT2D eigenvalue weighted by molar-refractivity contribution is -0.385. The van der Waals surface area contributed by atoms with Gasteiger partial charge in [-0.2, -0.15) is 0 Å². The van der Waals surface area contributed by atoms with Crippen molar-refractivity contribution in [1.82, 2.24) is 0 Å². The molecule has 1 aromatic heterocycles. The summed E-state index contributed by atoms with van der Waals surface area (Å²) in [6.45, 7) is 1.54. The Hall–Kier alpha value is -1.64. The van der Waals surface area contributed by atoms with Crippen molar-refractivity contribution in [3.05, 3.63) is 43.7 Å². The van der Waals surface area contributed by atoms with Crippen LogP contribution in [0.1, 0.15) is 17.9 Å². The molecule has 0 unspecified atom stereocenters. The Kier molecular flexibility index (Phi) is 4.81. The number of aliphatic hydroxyl groups is 1. The average molecular weight is 374 g/mol. The highest BCUT2D eigenvalue weighted by Gasteiger charge is 2.23. The van der Waals surface area contributed by atoms with Crippen molar-refractivity contribution in [2.45, 2.75) is 13.0 Å². The zero-order chi connectivity index (χ0) is 15.6. The number of rotatable bonds is 5. The molecule has 1 N–H and O–H groups in total. The first-order valence-corrected chi connectivity index (χ1v) is 7.51. The second-order valence-corrected chi connectivity index (χ2v) is 6.05. The third-order valence-corrected chi connectivity index (χ3v) is 4.44. The predicted octanol–water partition coefficient (Wildman–Crippen LogP) is 4.27. The SMILES string of the molecule is COc1ccc(Oc2sc([C@H](C)O)cc2[N+](=O)[O-])c(Br)c1. The Morgan fingerprint density at radius 1 is 1.43 bits per heavy atom. The molecular weight excluding hydrogens is 362 g/mol. The van der Waals surface area contributed by atoms with E-state index in [1.807, 2.05) is 0 Å². The van der Waals surface area contributed by atoms with E-state index in [-0.39, 0.29) is 10.8 Å². The number of halogens is 1. The minimum atomic E-state index is -0.787. The molecule has 0 radical (unpaired) electrons. The van der Waals surface area contributed by atoms with E-state index in [9.17, 15) is 15.2 Å². The van der Waals surface area contributed by atoms with Crippen molar-refractivity contribution < 1.29 is 19.5 Å². The smallest absolute Gasteiger partial charge is 0.323 e. The van der Waals surface area contributed by atoms with Crippen LogP contribution in [0.25, 0.3) is 0 Å². The number of benzene rings is 1. The van der Waals surface area contributed by atoms with Gasteiger partial charge >= 0.3 is 5.69 Å². The highest BCUT2D eigenvalue weighted by atomic mass is 79.9. The summed E-state index contributed by atoms with van der Waals surface area (Å²) < 4.78 is 11.3. The molecule has 6 nitrogen and oxygen atoms in total. The van der Waals surface area contributed by atoms with Crippen molar-refractivity contribution in [3.63, 3.8) is 0 Å². The molecule has 2 rings (SSSR count). The summed E-state index contributed by atoms with van der Waals surface area (Å²) in [6.07, 6.45) is -0.787. The summed E-state index contributed by atoms with van der Waals surface area (Å²) in [5, 5.41) is 20.7. The van der Waals surface area contributed by atoms with Crippen LogP contribution in [0, 0.1) is 10.1 Å². The van der Waals surface area contributed by atoms with Gasteiger partial charge in [0, 0.05) is 10.9 Å². The summed E-state index contributed by atoms with van der Waals surface area (Å²) in [5.74, 6) is 1.07. The third kappa shape index (κ3) is 3.52. The van der Waals surface area contributed by atoms with Gasteiger partial charge in [-0.15, -0.1) is 0 Å². The van der Waals surface area contributed by atoms with Gasteiger partial charge in [0.15, 0.2) is 0 Å². The Labute approximate surface area is 133 Å². The van der Waals surface area contributed by atoms with E-state index in [4.69, 9.17) is 9.47 Å². The molecule has 112 valence electrons. The van der Waals surface area contributed by atoms with E-state index in [2.05, 4.69) is 15.9 Å². The van der Waals surface area contributed by atoms with Gasteiger partial charge in [-0.25, -0.2) is 0 Å². The van der Waals surface area contributed by atoms with Crippen LogP contribution in [0.4, 0.5) is 5.69 Å². The molecule has 0 fully saturated rings. The van der Waals surface area contributed by atoms with Crippen LogP contribution in [-0.2, 0) is 0 Å². The van der Waals surface area contributed by atoms with Crippen LogP contribution in [0.3, 0.4) is 0 Å². The number of hydrogen-bond acceptors (Lipinski definition) is 6. The fraction of sp³-hybridized carbons (Fsp3) is 0.231. The van der Waals surface area contributed by atoms with Crippen LogP contribution < -0.4 is 9.47 Å². The summed E-state index contributed by atoms with van der Waals surface area (Å²) in [7, 11) is 1.54. The molecule has 2 aromatic rings. The maximum atomic E-state index is 11.1. The van der Waals surface area contributed by atoms with Gasteiger partial charge in [-0.1, -0.05) is 11.3 Å². The number of aliphatic hydroxyl groups excluding tert-OH is 1. The summed E-state index contributed by atoms with van der Waals surface area (Å²) >= 11 is 4.37. The number of nitrogens with zero attached hydrogens (tertiary/aromatic N) is 1. The topological polar surface area (TPSA) is 81.8 Å². The highest BCUT2D eigenvalue weighted by molar-refractivity contribution is 9.10. The van der Waals surface area contributed by atoms with Crippen molar-refractivity contribution in [1.29, 1.82) is 0 Å². The molecular formula is C13H12BrNO5S. The molecule has 0 amide bonds. The van der Waals surface area contributed by atoms with Gasteiger partial charge in [0.2, 0.25) is 0 Å². The van der Waals surface area contributed by atoms with Gasteiger partial charge in [0.25, 0.3) is 5.06 Å². The molecule has 1 atom stereocenters. The summed E-state index contributed by atoms with van der Waals surface area (Å²) in [6, 6.07) is 6.36. The standard InChI is InChI=1S/C13H12BrNO5S/c1-7(16)12-6-10(15(17)18)13(21-12)20-11-4-3-8(19-2)5-9(11)14/h3-7,16H,1-2H3/t7-/m0/s1. The third-order valence-electron chi connectivity index (χ3n) is 2.65. The number of hydrogen-bond donors (Lipinski definition) is 1. The zero-order valence-electron chi connectivity index (χ0n) is 11.2. The average Bonchev–Trinajstić information content (AvgIpc) is 2.85. The predicted molar refractivity (Wildman–Crippen MR) is 82.4 cm³/mol. The van der Waals surface area contributed by atoms with Crippen molar-refractivity contribution in [3.8, 4) is 16.6 Å². The van der Waals surface area contributed by atoms with E-state index < -0.39 is 11.0 Å². The minimum Gasteiger partial charge on any atom is -0.497 e. The monoisotopic (exact) mass is 373 g/mol. The quantitative estimate of drug-likeness (QED) is 0.624. The van der Waals surface area contributed by atoms with Crippen molar-refractivity contribution >= 4 is 33.0 Å². The van der Waals surface area contributed by atoms with Crippen LogP contribution in [0.5, 0.6) is 16.6 Å². The zero-order valence-corrected chi connectivity index (χ0v) is 13.6.